The van der Waals surface area contributed by atoms with Crippen molar-refractivity contribution in [2.45, 2.75) is 46.4 Å². The number of amides is 1. The molecule has 1 atom stereocenters. The molecule has 1 rings (SSSR count). The molecule has 1 aromatic rings. The van der Waals surface area contributed by atoms with Crippen molar-refractivity contribution in [1.29, 1.82) is 0 Å². The first-order chi connectivity index (χ1) is 10.8. The molecule has 0 radical (unpaired) electrons. The molecule has 128 valence electrons. The van der Waals surface area contributed by atoms with E-state index in [9.17, 15) is 9.59 Å². The number of hydrogen-bond donors (Lipinski definition) is 1. The van der Waals surface area contributed by atoms with Crippen LogP contribution in [-0.4, -0.2) is 30.1 Å². The summed E-state index contributed by atoms with van der Waals surface area (Å²) in [6, 6.07) is 5.63. The van der Waals surface area contributed by atoms with Crippen molar-refractivity contribution in [1.82, 2.24) is 5.32 Å². The highest BCUT2D eigenvalue weighted by Crippen LogP contribution is 2.25. The van der Waals surface area contributed by atoms with Gasteiger partial charge in [0.1, 0.15) is 5.75 Å². The van der Waals surface area contributed by atoms with Gasteiger partial charge in [0.25, 0.3) is 0 Å². The number of rotatable bonds is 9. The minimum absolute atomic E-state index is 0.0304. The Kier molecular flexibility index (Phi) is 8.17. The second-order valence-electron chi connectivity index (χ2n) is 5.90. The smallest absolute Gasteiger partial charge is 0.230 e. The Morgan fingerprint density at radius 2 is 1.96 bits per heavy atom. The number of nitrogens with one attached hydrogen (secondary N) is 1. The lowest BCUT2D eigenvalue weighted by atomic mass is 10.1. The van der Waals surface area contributed by atoms with Crippen molar-refractivity contribution >= 4 is 23.5 Å². The quantitative estimate of drug-likeness (QED) is 0.698. The van der Waals surface area contributed by atoms with Crippen LogP contribution in [0.3, 0.4) is 0 Å². The van der Waals surface area contributed by atoms with Crippen LogP contribution in [0.25, 0.3) is 0 Å². The maximum Gasteiger partial charge on any atom is 0.230 e. The lowest BCUT2D eigenvalue weighted by Gasteiger charge is -2.17. The summed E-state index contributed by atoms with van der Waals surface area (Å²) >= 11 is 1.53. The van der Waals surface area contributed by atoms with Crippen LogP contribution in [0.4, 0.5) is 0 Å². The number of thioether (sulfide) groups is 1. The largest absolute Gasteiger partial charge is 0.494 e. The van der Waals surface area contributed by atoms with Gasteiger partial charge >= 0.3 is 0 Å². The number of ketones is 1. The molecule has 0 heterocycles. The average Bonchev–Trinajstić information content (AvgIpc) is 2.48. The minimum atomic E-state index is 0.0304. The Balaban J connectivity index is 2.63. The molecule has 0 bridgehead atoms. The molecule has 0 aliphatic rings. The maximum absolute atomic E-state index is 11.9. The first-order valence-electron chi connectivity index (χ1n) is 7.98. The summed E-state index contributed by atoms with van der Waals surface area (Å²) < 4.78 is 5.60. The van der Waals surface area contributed by atoms with Gasteiger partial charge in [0.05, 0.1) is 12.4 Å². The molecule has 4 nitrogen and oxygen atoms in total. The van der Waals surface area contributed by atoms with E-state index in [0.717, 1.165) is 11.3 Å². The number of carbonyl (C=O) groups excluding carboxylic acids is 2. The zero-order valence-electron chi connectivity index (χ0n) is 14.6. The molecule has 0 aromatic heterocycles. The first kappa shape index (κ1) is 19.6. The molecular weight excluding hydrogens is 310 g/mol. The molecule has 0 aliphatic heterocycles. The van der Waals surface area contributed by atoms with Crippen LogP contribution in [-0.2, 0) is 10.5 Å². The Morgan fingerprint density at radius 3 is 2.52 bits per heavy atom. The van der Waals surface area contributed by atoms with E-state index in [0.29, 0.717) is 29.6 Å². The van der Waals surface area contributed by atoms with Gasteiger partial charge in [-0.05, 0) is 44.9 Å². The third kappa shape index (κ3) is 6.65. The second kappa shape index (κ2) is 9.60. The van der Waals surface area contributed by atoms with Crippen molar-refractivity contribution in [3.05, 3.63) is 29.3 Å². The molecule has 1 N–H and O–H groups in total. The summed E-state index contributed by atoms with van der Waals surface area (Å²) in [5.41, 5.74) is 1.62. The summed E-state index contributed by atoms with van der Waals surface area (Å²) in [7, 11) is 0. The summed E-state index contributed by atoms with van der Waals surface area (Å²) in [6.07, 6.45) is 0. The van der Waals surface area contributed by atoms with E-state index < -0.39 is 0 Å². The Morgan fingerprint density at radius 1 is 1.26 bits per heavy atom. The lowest BCUT2D eigenvalue weighted by Crippen LogP contribution is -2.37. The van der Waals surface area contributed by atoms with Gasteiger partial charge in [0.15, 0.2) is 5.78 Å². The molecule has 0 fully saturated rings. The molecule has 1 aromatic carbocycles. The lowest BCUT2D eigenvalue weighted by molar-refractivity contribution is -0.119. The fourth-order valence-corrected chi connectivity index (χ4v) is 2.74. The van der Waals surface area contributed by atoms with Gasteiger partial charge in [-0.25, -0.2) is 0 Å². The molecule has 0 spiro atoms. The normalized spacial score (nSPS) is 12.1. The van der Waals surface area contributed by atoms with Crippen LogP contribution in [0.15, 0.2) is 18.2 Å². The molecular formula is C18H27NO3S. The summed E-state index contributed by atoms with van der Waals surface area (Å²) in [6.45, 7) is 10.2. The second-order valence-corrected chi connectivity index (χ2v) is 6.89. The average molecular weight is 337 g/mol. The van der Waals surface area contributed by atoms with E-state index in [4.69, 9.17) is 4.74 Å². The SMILES string of the molecule is CCOc1ccc(C(C)=O)cc1CSCC(=O)N[C@@H](C)C(C)C. The number of ether oxygens (including phenoxy) is 1. The van der Waals surface area contributed by atoms with Crippen molar-refractivity contribution in [2.75, 3.05) is 12.4 Å². The number of benzene rings is 1. The van der Waals surface area contributed by atoms with E-state index >= 15 is 0 Å². The highest BCUT2D eigenvalue weighted by molar-refractivity contribution is 7.99. The van der Waals surface area contributed by atoms with Crippen LogP contribution in [0.2, 0.25) is 0 Å². The summed E-state index contributed by atoms with van der Waals surface area (Å²) in [5.74, 6) is 2.30. The van der Waals surface area contributed by atoms with Gasteiger partial charge in [-0.1, -0.05) is 13.8 Å². The van der Waals surface area contributed by atoms with E-state index in [1.165, 1.54) is 11.8 Å². The standard InChI is InChI=1S/C18H27NO3S/c1-6-22-17-8-7-15(14(5)20)9-16(17)10-23-11-18(21)19-13(4)12(2)3/h7-9,12-13H,6,10-11H2,1-5H3,(H,19,21)/t13-/m0/s1. The predicted octanol–water partition coefficient (Wildman–Crippen LogP) is 3.68. The monoisotopic (exact) mass is 337 g/mol. The minimum Gasteiger partial charge on any atom is -0.494 e. The van der Waals surface area contributed by atoms with Crippen LogP contribution in [0.1, 0.15) is 50.5 Å². The van der Waals surface area contributed by atoms with E-state index in [1.54, 1.807) is 13.0 Å². The third-order valence-electron chi connectivity index (χ3n) is 3.65. The van der Waals surface area contributed by atoms with E-state index in [2.05, 4.69) is 19.2 Å². The summed E-state index contributed by atoms with van der Waals surface area (Å²) in [5, 5.41) is 2.99. The predicted molar refractivity (Wildman–Crippen MR) is 96.2 cm³/mol. The zero-order valence-corrected chi connectivity index (χ0v) is 15.5. The molecule has 1 amide bonds. The molecule has 5 heteroatoms. The molecule has 0 saturated heterocycles. The van der Waals surface area contributed by atoms with Crippen molar-refractivity contribution in [2.24, 2.45) is 5.92 Å². The molecule has 0 unspecified atom stereocenters. The third-order valence-corrected chi connectivity index (χ3v) is 4.63. The molecule has 23 heavy (non-hydrogen) atoms. The Labute approximate surface area is 143 Å². The van der Waals surface area contributed by atoms with Gasteiger partial charge in [-0.3, -0.25) is 9.59 Å². The van der Waals surface area contributed by atoms with Gasteiger partial charge in [0, 0.05) is 22.9 Å². The topological polar surface area (TPSA) is 55.4 Å². The van der Waals surface area contributed by atoms with E-state index in [1.807, 2.05) is 26.0 Å². The zero-order chi connectivity index (χ0) is 17.4. The number of hydrogen-bond acceptors (Lipinski definition) is 4. The highest BCUT2D eigenvalue weighted by atomic mass is 32.2. The fraction of sp³-hybridized carbons (Fsp3) is 0.556. The first-order valence-corrected chi connectivity index (χ1v) is 9.14. The maximum atomic E-state index is 11.9. The van der Waals surface area contributed by atoms with Crippen molar-refractivity contribution in [3.63, 3.8) is 0 Å². The van der Waals surface area contributed by atoms with Gasteiger partial charge < -0.3 is 10.1 Å². The van der Waals surface area contributed by atoms with Crippen molar-refractivity contribution in [3.8, 4) is 5.75 Å². The molecule has 0 saturated carbocycles. The van der Waals surface area contributed by atoms with Gasteiger partial charge in [-0.15, -0.1) is 11.8 Å². The summed E-state index contributed by atoms with van der Waals surface area (Å²) in [4.78, 5) is 23.4. The van der Waals surface area contributed by atoms with Gasteiger partial charge in [0.2, 0.25) is 5.91 Å². The number of carbonyl (C=O) groups is 2. The van der Waals surface area contributed by atoms with Crippen LogP contribution >= 0.6 is 11.8 Å². The van der Waals surface area contributed by atoms with Crippen molar-refractivity contribution < 1.29 is 14.3 Å². The molecule has 0 aliphatic carbocycles. The van der Waals surface area contributed by atoms with E-state index in [-0.39, 0.29) is 17.7 Å². The van der Waals surface area contributed by atoms with Gasteiger partial charge in [-0.2, -0.15) is 0 Å². The van der Waals surface area contributed by atoms with Crippen LogP contribution in [0.5, 0.6) is 5.75 Å². The Bertz CT molecular complexity index is 543. The van der Waals surface area contributed by atoms with Crippen LogP contribution in [0, 0.1) is 5.92 Å². The fourth-order valence-electron chi connectivity index (χ4n) is 1.92. The Hall–Kier alpha value is -1.49. The number of Topliss-reactive ketones (excluding diaryl/α,β-unsaturated/α-hetero) is 1. The highest BCUT2D eigenvalue weighted by Gasteiger charge is 2.12. The van der Waals surface area contributed by atoms with Crippen LogP contribution < -0.4 is 10.1 Å².